The second kappa shape index (κ2) is 7.99. The molecule has 0 saturated heterocycles. The second-order valence-electron chi connectivity index (χ2n) is 5.31. The van der Waals surface area contributed by atoms with Crippen molar-refractivity contribution >= 4 is 33.2 Å². The summed E-state index contributed by atoms with van der Waals surface area (Å²) in [6.07, 6.45) is 1.05. The van der Waals surface area contributed by atoms with Gasteiger partial charge in [0.2, 0.25) is 5.91 Å². The van der Waals surface area contributed by atoms with E-state index in [9.17, 15) is 4.79 Å². The van der Waals surface area contributed by atoms with E-state index in [4.69, 9.17) is 0 Å². The van der Waals surface area contributed by atoms with Crippen LogP contribution in [0, 0.1) is 0 Å². The molecule has 0 fully saturated rings. The van der Waals surface area contributed by atoms with Crippen molar-refractivity contribution < 1.29 is 4.79 Å². The highest BCUT2D eigenvalue weighted by atomic mass is 79.9. The number of hydrogen-bond donors (Lipinski definition) is 2. The molecule has 2 aromatic carbocycles. The Balaban J connectivity index is 1.96. The second-order valence-corrected chi connectivity index (χ2v) is 6.22. The van der Waals surface area contributed by atoms with Crippen LogP contribution in [0.4, 0.5) is 11.4 Å². The third-order valence-corrected chi connectivity index (χ3v) is 4.20. The minimum atomic E-state index is -0.0429. The van der Waals surface area contributed by atoms with Crippen LogP contribution in [-0.2, 0) is 4.79 Å². The minimum Gasteiger partial charge on any atom is -0.376 e. The van der Waals surface area contributed by atoms with Gasteiger partial charge in [0.15, 0.2) is 0 Å². The fraction of sp³-hybridized carbons (Fsp3) is 0.278. The quantitative estimate of drug-likeness (QED) is 0.759. The highest BCUT2D eigenvalue weighted by Crippen LogP contribution is 2.26. The summed E-state index contributed by atoms with van der Waals surface area (Å²) in [7, 11) is 0. The van der Waals surface area contributed by atoms with Crippen molar-refractivity contribution in [3.8, 4) is 0 Å². The van der Waals surface area contributed by atoms with E-state index in [1.807, 2.05) is 42.5 Å². The number of benzene rings is 2. The summed E-state index contributed by atoms with van der Waals surface area (Å²) in [5, 5.41) is 6.12. The van der Waals surface area contributed by atoms with Gasteiger partial charge in [0.05, 0.1) is 6.54 Å². The zero-order valence-electron chi connectivity index (χ0n) is 12.9. The zero-order valence-corrected chi connectivity index (χ0v) is 14.5. The fourth-order valence-electron chi connectivity index (χ4n) is 2.20. The average molecular weight is 361 g/mol. The van der Waals surface area contributed by atoms with Crippen LogP contribution < -0.4 is 10.6 Å². The molecule has 0 spiro atoms. The Labute approximate surface area is 140 Å². The predicted octanol–water partition coefficient (Wildman–Crippen LogP) is 5.01. The van der Waals surface area contributed by atoms with Gasteiger partial charge in [-0.1, -0.05) is 48.0 Å². The molecule has 2 rings (SSSR count). The molecule has 0 aromatic heterocycles. The van der Waals surface area contributed by atoms with E-state index < -0.39 is 0 Å². The van der Waals surface area contributed by atoms with Crippen molar-refractivity contribution in [1.82, 2.24) is 0 Å². The van der Waals surface area contributed by atoms with Crippen molar-refractivity contribution in [2.75, 3.05) is 17.2 Å². The first-order chi connectivity index (χ1) is 10.6. The lowest BCUT2D eigenvalue weighted by Crippen LogP contribution is -2.22. The minimum absolute atomic E-state index is 0.0429. The van der Waals surface area contributed by atoms with Crippen molar-refractivity contribution in [2.24, 2.45) is 0 Å². The molecule has 4 heteroatoms. The summed E-state index contributed by atoms with van der Waals surface area (Å²) in [5.74, 6) is 0.384. The van der Waals surface area contributed by atoms with Gasteiger partial charge in [0, 0.05) is 15.8 Å². The molecular formula is C18H21BrN2O. The molecule has 0 aliphatic heterocycles. The molecule has 1 amide bonds. The molecule has 2 N–H and O–H groups in total. The van der Waals surface area contributed by atoms with Crippen LogP contribution in [0.1, 0.15) is 31.7 Å². The number of carbonyl (C=O) groups is 1. The SMILES string of the molecule is CC[C@H](C)c1ccccc1NC(=O)CNc1ccc(Br)cc1. The predicted molar refractivity (Wildman–Crippen MR) is 96.4 cm³/mol. The Bertz CT molecular complexity index is 625. The number of carbonyl (C=O) groups excluding carboxylic acids is 1. The van der Waals surface area contributed by atoms with Gasteiger partial charge in [-0.25, -0.2) is 0 Å². The van der Waals surface area contributed by atoms with Crippen LogP contribution in [0.2, 0.25) is 0 Å². The Morgan fingerprint density at radius 1 is 1.14 bits per heavy atom. The Hall–Kier alpha value is -1.81. The molecule has 2 aromatic rings. The molecule has 116 valence electrons. The molecule has 3 nitrogen and oxygen atoms in total. The molecule has 22 heavy (non-hydrogen) atoms. The average Bonchev–Trinajstić information content (AvgIpc) is 2.54. The summed E-state index contributed by atoms with van der Waals surface area (Å²) in [6.45, 7) is 4.57. The maximum Gasteiger partial charge on any atom is 0.243 e. The molecule has 1 atom stereocenters. The van der Waals surface area contributed by atoms with Gasteiger partial charge in [0.25, 0.3) is 0 Å². The van der Waals surface area contributed by atoms with E-state index in [0.29, 0.717) is 5.92 Å². The lowest BCUT2D eigenvalue weighted by molar-refractivity contribution is -0.114. The van der Waals surface area contributed by atoms with Crippen LogP contribution in [0.3, 0.4) is 0 Å². The van der Waals surface area contributed by atoms with Crippen molar-refractivity contribution in [2.45, 2.75) is 26.2 Å². The molecular weight excluding hydrogens is 340 g/mol. The van der Waals surface area contributed by atoms with Crippen LogP contribution in [0.25, 0.3) is 0 Å². The van der Waals surface area contributed by atoms with Gasteiger partial charge in [-0.05, 0) is 48.2 Å². The van der Waals surface area contributed by atoms with E-state index in [-0.39, 0.29) is 12.5 Å². The van der Waals surface area contributed by atoms with E-state index in [1.54, 1.807) is 0 Å². The molecule has 0 aliphatic rings. The van der Waals surface area contributed by atoms with Crippen molar-refractivity contribution in [3.05, 3.63) is 58.6 Å². The monoisotopic (exact) mass is 360 g/mol. The first-order valence-corrected chi connectivity index (χ1v) is 8.27. The maximum absolute atomic E-state index is 12.1. The van der Waals surface area contributed by atoms with Gasteiger partial charge >= 0.3 is 0 Å². The number of para-hydroxylation sites is 1. The molecule has 0 bridgehead atoms. The molecule has 0 unspecified atom stereocenters. The number of amides is 1. The van der Waals surface area contributed by atoms with E-state index in [0.717, 1.165) is 22.3 Å². The first-order valence-electron chi connectivity index (χ1n) is 7.48. The summed E-state index contributed by atoms with van der Waals surface area (Å²) in [6, 6.07) is 15.7. The van der Waals surface area contributed by atoms with Crippen LogP contribution in [-0.4, -0.2) is 12.5 Å². The van der Waals surface area contributed by atoms with Crippen LogP contribution in [0.5, 0.6) is 0 Å². The number of halogens is 1. The Kier molecular flexibility index (Phi) is 6.01. The standard InChI is InChI=1S/C18H21BrN2O/c1-3-13(2)16-6-4-5-7-17(16)21-18(22)12-20-15-10-8-14(19)9-11-15/h4-11,13,20H,3,12H2,1-2H3,(H,21,22)/t13-/m0/s1. The van der Waals surface area contributed by atoms with E-state index >= 15 is 0 Å². The van der Waals surface area contributed by atoms with E-state index in [1.165, 1.54) is 5.56 Å². The maximum atomic E-state index is 12.1. The number of rotatable bonds is 6. The van der Waals surface area contributed by atoms with Gasteiger partial charge in [-0.15, -0.1) is 0 Å². The van der Waals surface area contributed by atoms with Gasteiger partial charge in [0.1, 0.15) is 0 Å². The summed E-state index contributed by atoms with van der Waals surface area (Å²) < 4.78 is 1.02. The number of hydrogen-bond acceptors (Lipinski definition) is 2. The molecule has 0 aliphatic carbocycles. The van der Waals surface area contributed by atoms with Crippen molar-refractivity contribution in [3.63, 3.8) is 0 Å². The summed E-state index contributed by atoms with van der Waals surface area (Å²) in [5.41, 5.74) is 3.01. The largest absolute Gasteiger partial charge is 0.376 e. The summed E-state index contributed by atoms with van der Waals surface area (Å²) in [4.78, 5) is 12.1. The lowest BCUT2D eigenvalue weighted by atomic mass is 9.97. The third-order valence-electron chi connectivity index (χ3n) is 3.68. The van der Waals surface area contributed by atoms with Crippen LogP contribution >= 0.6 is 15.9 Å². The molecule has 0 radical (unpaired) electrons. The lowest BCUT2D eigenvalue weighted by Gasteiger charge is -2.16. The fourth-order valence-corrected chi connectivity index (χ4v) is 2.47. The Morgan fingerprint density at radius 2 is 1.82 bits per heavy atom. The molecule has 0 heterocycles. The first kappa shape index (κ1) is 16.6. The smallest absolute Gasteiger partial charge is 0.243 e. The van der Waals surface area contributed by atoms with Gasteiger partial charge in [-0.2, -0.15) is 0 Å². The summed E-state index contributed by atoms with van der Waals surface area (Å²) >= 11 is 3.39. The van der Waals surface area contributed by atoms with Crippen LogP contribution in [0.15, 0.2) is 53.0 Å². The molecule has 0 saturated carbocycles. The Morgan fingerprint density at radius 3 is 2.50 bits per heavy atom. The normalized spacial score (nSPS) is 11.8. The highest BCUT2D eigenvalue weighted by Gasteiger charge is 2.10. The number of anilines is 2. The van der Waals surface area contributed by atoms with Crippen molar-refractivity contribution in [1.29, 1.82) is 0 Å². The van der Waals surface area contributed by atoms with E-state index in [2.05, 4.69) is 46.5 Å². The topological polar surface area (TPSA) is 41.1 Å². The highest BCUT2D eigenvalue weighted by molar-refractivity contribution is 9.10. The van der Waals surface area contributed by atoms with Gasteiger partial charge < -0.3 is 10.6 Å². The zero-order chi connectivity index (χ0) is 15.9. The number of nitrogens with one attached hydrogen (secondary N) is 2. The third kappa shape index (κ3) is 4.60. The van der Waals surface area contributed by atoms with Gasteiger partial charge in [-0.3, -0.25) is 4.79 Å².